The first kappa shape index (κ1) is 85.4. The molecule has 0 aromatic heterocycles. The predicted octanol–water partition coefficient (Wildman–Crippen LogP) is 5.92. The van der Waals surface area contributed by atoms with Crippen LogP contribution >= 0.6 is 35.3 Å². The number of nitrogens with zero attached hydrogens (tertiary/aromatic N) is 7. The molecule has 8 heterocycles. The maximum Gasteiger partial charge on any atom is 0.405 e. The number of ether oxygens (including phenoxy) is 3. The summed E-state index contributed by atoms with van der Waals surface area (Å²) in [6, 6.07) is 23.2. The highest BCUT2D eigenvalue weighted by Crippen LogP contribution is 2.38. The van der Waals surface area contributed by atoms with Gasteiger partial charge in [0.05, 0.1) is 53.6 Å². The van der Waals surface area contributed by atoms with E-state index in [1.807, 2.05) is 30.4 Å². The monoisotopic (exact) mass is 1610 g/mol. The van der Waals surface area contributed by atoms with Crippen LogP contribution in [0.5, 0.6) is 0 Å². The van der Waals surface area contributed by atoms with Crippen molar-refractivity contribution in [2.45, 2.75) is 196 Å². The highest BCUT2D eigenvalue weighted by Gasteiger charge is 2.51. The molecule has 9 aliphatic rings. The van der Waals surface area contributed by atoms with Gasteiger partial charge in [0.25, 0.3) is 14.2 Å². The Balaban J connectivity index is 0.576. The van der Waals surface area contributed by atoms with Crippen molar-refractivity contribution in [3.05, 3.63) is 119 Å². The second-order valence-electron chi connectivity index (χ2n) is 32.2. The van der Waals surface area contributed by atoms with Gasteiger partial charge in [-0.05, 0) is 105 Å². The molecule has 26 nitrogen and oxygen atoms in total. The van der Waals surface area contributed by atoms with Crippen molar-refractivity contribution >= 4 is 113 Å². The maximum atomic E-state index is 14.3. The number of ketones is 2. The standard InChI is InChI=1S/C82H118N14O12S3Si/c1-52-41-64-72(66(97)44-65(74(64)101)92-76(102)53(2)19-16-24-67(105-8)75(108-78(83)104)55(4)43-54(3)73(100)68(42-52)106-9)85-33-18-32-84-70(98)25-17-34-96-71(99)45-69(77(96)103)111-51-61-31-40-95-39-30-60(90-81(95)91-61)50-110-49-59-29-38-94-37-28-58(88-80(94)89-59)48-109-47-57-27-36-93-35-26-56(86-79(93)87-57)46-107-112(82(5,6)7,62-20-12-10-13-21-62)63-22-14-11-15-23-63/h10-16,19-24,43-44,52,54,56-61,67-69,73,75,85,100H,17-18,25-42,45-51H2,1-9H3,(H2,83,104)(H,84,98)(H,86,87)(H,88,89)(H,90,91)(H,92,102)/b24-16-,53-19+,55-43+/t52-,54+,56-,57-,58-,59-,60-,61-,67-,68+,69?,73-,75+/m1/s1. The lowest BCUT2D eigenvalue weighted by Crippen LogP contribution is -2.67. The van der Waals surface area contributed by atoms with E-state index in [2.05, 4.69) is 128 Å². The molecule has 1 unspecified atom stereocenters. The van der Waals surface area contributed by atoms with Crippen LogP contribution in [0, 0.1) is 11.8 Å². The van der Waals surface area contributed by atoms with E-state index in [9.17, 15) is 38.7 Å². The lowest BCUT2D eigenvalue weighted by molar-refractivity contribution is -0.138. The van der Waals surface area contributed by atoms with Gasteiger partial charge in [-0.1, -0.05) is 120 Å². The molecule has 9 N–H and O–H groups in total. The predicted molar refractivity (Wildman–Crippen MR) is 447 cm³/mol. The molecule has 4 saturated heterocycles. The molecule has 30 heteroatoms. The van der Waals surface area contributed by atoms with Crippen molar-refractivity contribution in [3.8, 4) is 0 Å². The minimum atomic E-state index is -2.66. The number of rotatable bonds is 28. The summed E-state index contributed by atoms with van der Waals surface area (Å²) < 4.78 is 24.2. The van der Waals surface area contributed by atoms with Crippen LogP contribution in [-0.2, 0) is 47.4 Å². The Kier molecular flexibility index (Phi) is 30.7. The molecular weight excluding hydrogens is 1500 g/mol. The van der Waals surface area contributed by atoms with Crippen LogP contribution in [0.4, 0.5) is 4.79 Å². The van der Waals surface area contributed by atoms with Crippen LogP contribution in [0.2, 0.25) is 5.04 Å². The Bertz CT molecular complexity index is 3870. The van der Waals surface area contributed by atoms with Gasteiger partial charge in [-0.15, -0.1) is 11.8 Å². The Morgan fingerprint density at radius 3 is 1.85 bits per heavy atom. The molecule has 2 aromatic carbocycles. The number of aliphatic imine (C=N–C) groups is 3. The third-order valence-electron chi connectivity index (χ3n) is 22.7. The summed E-state index contributed by atoms with van der Waals surface area (Å²) in [7, 11) is 0.236. The van der Waals surface area contributed by atoms with Gasteiger partial charge in [0.1, 0.15) is 6.10 Å². The first-order valence-corrected chi connectivity index (χ1v) is 45.4. The second kappa shape index (κ2) is 40.2. The number of thioether (sulfide) groups is 3. The summed E-state index contributed by atoms with van der Waals surface area (Å²) in [5.74, 6) is 4.39. The average molecular weight is 1620 g/mol. The van der Waals surface area contributed by atoms with Crippen LogP contribution in [-0.4, -0.2) is 267 Å². The molecule has 2 bridgehead atoms. The molecule has 1 aliphatic carbocycles. The van der Waals surface area contributed by atoms with E-state index in [0.29, 0.717) is 48.9 Å². The first-order valence-electron chi connectivity index (χ1n) is 40.1. The first-order chi connectivity index (χ1) is 53.9. The molecule has 11 rings (SSSR count). The number of aliphatic hydroxyl groups excluding tert-OH is 1. The second-order valence-corrected chi connectivity index (χ2v) is 39.9. The lowest BCUT2D eigenvalue weighted by atomic mass is 9.85. The fraction of sp³-hybridized carbons (Fsp3) is 0.610. The number of imide groups is 1. The molecular formula is C82H118N14O12S3Si. The van der Waals surface area contributed by atoms with E-state index in [0.717, 1.165) is 125 Å². The van der Waals surface area contributed by atoms with Gasteiger partial charge in [0.15, 0.2) is 24.0 Å². The van der Waals surface area contributed by atoms with Gasteiger partial charge in [0.2, 0.25) is 29.3 Å². The molecule has 0 radical (unpaired) electrons. The van der Waals surface area contributed by atoms with Crippen molar-refractivity contribution in [2.24, 2.45) is 32.5 Å². The zero-order valence-electron chi connectivity index (χ0n) is 66.6. The van der Waals surface area contributed by atoms with Gasteiger partial charge in [0, 0.05) is 156 Å². The summed E-state index contributed by atoms with van der Waals surface area (Å²) in [6.07, 6.45) is 10.2. The van der Waals surface area contributed by atoms with Crippen LogP contribution < -0.4 is 48.0 Å². The number of primary amides is 1. The number of aliphatic hydroxyl groups is 1. The van der Waals surface area contributed by atoms with Gasteiger partial charge in [-0.25, -0.2) is 19.8 Å². The summed E-state index contributed by atoms with van der Waals surface area (Å²) in [5, 5.41) is 33.7. The number of benzene rings is 2. The van der Waals surface area contributed by atoms with Crippen LogP contribution in [0.1, 0.15) is 126 Å². The van der Waals surface area contributed by atoms with E-state index in [4.69, 9.17) is 39.3 Å². The largest absolute Gasteiger partial charge is 0.439 e. The molecule has 5 amide bonds. The Labute approximate surface area is 674 Å². The third kappa shape index (κ3) is 22.1. The number of nitrogens with two attached hydrogens (primary N) is 1. The van der Waals surface area contributed by atoms with Crippen LogP contribution in [0.3, 0.4) is 0 Å². The van der Waals surface area contributed by atoms with Gasteiger partial charge in [-0.3, -0.25) is 33.7 Å². The number of methoxy groups -OCH3 is 2. The summed E-state index contributed by atoms with van der Waals surface area (Å²) >= 11 is 5.50. The maximum absolute atomic E-state index is 14.3. The van der Waals surface area contributed by atoms with Crippen LogP contribution in [0.15, 0.2) is 134 Å². The number of nitrogens with one attached hydrogen (secondary N) is 6. The Hall–Kier alpha value is -7.45. The topological polar surface area (TPSA) is 325 Å². The number of Topliss-reactive ketones (excluding diaryl/α,β-unsaturated/α-hetero) is 1. The molecule has 8 aliphatic heterocycles. The Morgan fingerprint density at radius 2 is 1.28 bits per heavy atom. The number of allylic oxidation sites excluding steroid dienone is 4. The molecule has 0 saturated carbocycles. The van der Waals surface area contributed by atoms with E-state index < -0.39 is 67.5 Å². The van der Waals surface area contributed by atoms with E-state index in [-0.39, 0.29) is 115 Å². The minimum Gasteiger partial charge on any atom is -0.439 e. The zero-order valence-corrected chi connectivity index (χ0v) is 70.1. The van der Waals surface area contributed by atoms with Crippen molar-refractivity contribution < 1.29 is 57.3 Å². The highest BCUT2D eigenvalue weighted by atomic mass is 32.2. The molecule has 610 valence electrons. The van der Waals surface area contributed by atoms with Crippen molar-refractivity contribution in [3.63, 3.8) is 0 Å². The number of amides is 5. The SMILES string of the molecule is CO[C@H]1C[C@H](C)CC2=C(NCCCNC(=O)CCCN3C(=O)CC(SC[C@H]4CCN5CC[C@H](CSC[C@H]6CCN7CC[C@H](CSC[C@H]8CCN9CC[C@H](CO[Si](c%10ccccc%10)(c%10ccccc%10)C(C)(C)C)N=C9N8)N=C7N6)NC5=N4)C3=O)C(=O)C=C(NC(=O)/C(C)=C/C=C\[C@@H](OC)[C@@H](OC(N)=O)/C(C)=C/[C@H](C)[C@H]1O)C2=O. The summed E-state index contributed by atoms with van der Waals surface area (Å²) in [5.41, 5.74) is 6.22. The van der Waals surface area contributed by atoms with Crippen LogP contribution in [0.25, 0.3) is 0 Å². The smallest absolute Gasteiger partial charge is 0.405 e. The van der Waals surface area contributed by atoms with E-state index in [1.165, 1.54) is 60.3 Å². The third-order valence-corrected chi connectivity index (χ3v) is 31.6. The molecule has 13 atom stereocenters. The van der Waals surface area contributed by atoms with Gasteiger partial charge in [-0.2, -0.15) is 23.5 Å². The van der Waals surface area contributed by atoms with Crippen molar-refractivity contribution in [1.29, 1.82) is 0 Å². The number of guanidine groups is 3. The number of carbonyl (C=O) groups is 7. The summed E-state index contributed by atoms with van der Waals surface area (Å²) in [6.45, 7) is 21.0. The number of likely N-dealkylation sites (tertiary alicyclic amines) is 1. The molecule has 0 spiro atoms. The van der Waals surface area contributed by atoms with Crippen molar-refractivity contribution in [1.82, 2.24) is 51.5 Å². The molecule has 112 heavy (non-hydrogen) atoms. The van der Waals surface area contributed by atoms with Gasteiger partial charge < -0.3 is 76.1 Å². The lowest BCUT2D eigenvalue weighted by Gasteiger charge is -2.44. The minimum absolute atomic E-state index is 0.0145. The summed E-state index contributed by atoms with van der Waals surface area (Å²) in [4.78, 5) is 118. The zero-order chi connectivity index (χ0) is 79.6. The molecule has 2 aromatic rings. The quantitative estimate of drug-likeness (QED) is 0.0161. The Morgan fingerprint density at radius 1 is 0.714 bits per heavy atom. The van der Waals surface area contributed by atoms with E-state index >= 15 is 0 Å². The number of fused-ring (bicyclic) bond motifs is 5. The van der Waals surface area contributed by atoms with Gasteiger partial charge >= 0.3 is 6.09 Å². The number of hydrogen-bond donors (Lipinski definition) is 8. The number of hydrogen-bond acceptors (Lipinski definition) is 25. The fourth-order valence-electron chi connectivity index (χ4n) is 16.4. The van der Waals surface area contributed by atoms with E-state index in [1.54, 1.807) is 26.0 Å². The molecule has 4 fully saturated rings. The fourth-order valence-corrected chi connectivity index (χ4v) is 24.6. The van der Waals surface area contributed by atoms with Crippen molar-refractivity contribution in [2.75, 3.05) is 108 Å². The normalized spacial score (nSPS) is 28.9. The average Bonchev–Trinajstić information content (AvgIpc) is 0.850. The number of carbonyl (C=O) groups excluding carboxylic acids is 7. The highest BCUT2D eigenvalue weighted by molar-refractivity contribution is 8.00.